The molecule has 114 valence electrons. The van der Waals surface area contributed by atoms with Crippen molar-refractivity contribution in [1.29, 1.82) is 0 Å². The molecule has 3 aliphatic rings. The van der Waals surface area contributed by atoms with Gasteiger partial charge in [-0.25, -0.2) is 4.90 Å². The van der Waals surface area contributed by atoms with Crippen molar-refractivity contribution in [3.63, 3.8) is 0 Å². The average molecular weight is 295 g/mol. The zero-order valence-corrected chi connectivity index (χ0v) is 13.2. The SMILES string of the molecule is CC(C)(C)c1ccccc1N1C(=O)C2C3C=CC(C3)C2C1=O. The minimum atomic E-state index is -0.129. The number of benzene rings is 1. The first-order valence-corrected chi connectivity index (χ1v) is 8.05. The Hall–Kier alpha value is -1.90. The second-order valence-electron chi connectivity index (χ2n) is 7.78. The van der Waals surface area contributed by atoms with Crippen LogP contribution in [-0.2, 0) is 15.0 Å². The van der Waals surface area contributed by atoms with Crippen LogP contribution in [0, 0.1) is 23.7 Å². The molecular weight excluding hydrogens is 274 g/mol. The summed E-state index contributed by atoms with van der Waals surface area (Å²) in [7, 11) is 0. The summed E-state index contributed by atoms with van der Waals surface area (Å²) in [6, 6.07) is 7.82. The van der Waals surface area contributed by atoms with Gasteiger partial charge in [0.15, 0.2) is 0 Å². The van der Waals surface area contributed by atoms with Gasteiger partial charge in [-0.2, -0.15) is 0 Å². The van der Waals surface area contributed by atoms with Crippen LogP contribution in [0.15, 0.2) is 36.4 Å². The molecule has 4 rings (SSSR count). The van der Waals surface area contributed by atoms with Crippen molar-refractivity contribution in [3.05, 3.63) is 42.0 Å². The van der Waals surface area contributed by atoms with E-state index in [2.05, 4.69) is 32.9 Å². The van der Waals surface area contributed by atoms with Crippen LogP contribution >= 0.6 is 0 Å². The lowest BCUT2D eigenvalue weighted by molar-refractivity contribution is -0.123. The molecule has 0 N–H and O–H groups in total. The van der Waals surface area contributed by atoms with Crippen LogP contribution in [0.25, 0.3) is 0 Å². The van der Waals surface area contributed by atoms with Crippen LogP contribution in [0.3, 0.4) is 0 Å². The topological polar surface area (TPSA) is 37.4 Å². The smallest absolute Gasteiger partial charge is 0.238 e. The van der Waals surface area contributed by atoms with Crippen LogP contribution in [0.1, 0.15) is 32.8 Å². The van der Waals surface area contributed by atoms with Crippen molar-refractivity contribution in [1.82, 2.24) is 0 Å². The minimum absolute atomic E-state index is 0.00329. The Balaban J connectivity index is 1.80. The number of amides is 2. The molecule has 1 saturated heterocycles. The fourth-order valence-corrected chi connectivity index (χ4v) is 4.44. The van der Waals surface area contributed by atoms with E-state index in [0.29, 0.717) is 0 Å². The van der Waals surface area contributed by atoms with Gasteiger partial charge in [-0.1, -0.05) is 51.1 Å². The lowest BCUT2D eigenvalue weighted by atomic mass is 9.85. The maximum absolute atomic E-state index is 12.9. The van der Waals surface area contributed by atoms with Gasteiger partial charge in [0.05, 0.1) is 17.5 Å². The van der Waals surface area contributed by atoms with E-state index in [1.165, 1.54) is 4.90 Å². The number of rotatable bonds is 1. The van der Waals surface area contributed by atoms with Gasteiger partial charge >= 0.3 is 0 Å². The molecule has 1 heterocycles. The first-order chi connectivity index (χ1) is 10.4. The second-order valence-corrected chi connectivity index (χ2v) is 7.78. The van der Waals surface area contributed by atoms with Gasteiger partial charge in [-0.05, 0) is 35.3 Å². The van der Waals surface area contributed by atoms with E-state index >= 15 is 0 Å². The van der Waals surface area contributed by atoms with E-state index in [9.17, 15) is 9.59 Å². The van der Waals surface area contributed by atoms with E-state index in [-0.39, 0.29) is 40.9 Å². The molecule has 2 bridgehead atoms. The Morgan fingerprint density at radius 3 is 2.05 bits per heavy atom. The molecule has 2 fully saturated rings. The summed E-state index contributed by atoms with van der Waals surface area (Å²) < 4.78 is 0. The summed E-state index contributed by atoms with van der Waals surface area (Å²) in [5, 5.41) is 0. The predicted molar refractivity (Wildman–Crippen MR) is 85.4 cm³/mol. The standard InChI is InChI=1S/C19H21NO2/c1-19(2,3)13-6-4-5-7-14(13)20-17(21)15-11-8-9-12(10-11)16(15)18(20)22/h4-9,11-12,15-16H,10H2,1-3H3. The van der Waals surface area contributed by atoms with Gasteiger partial charge in [0.1, 0.15) is 0 Å². The van der Waals surface area contributed by atoms with Crippen molar-refractivity contribution in [2.45, 2.75) is 32.6 Å². The molecule has 4 atom stereocenters. The van der Waals surface area contributed by atoms with Gasteiger partial charge in [-0.3, -0.25) is 9.59 Å². The second kappa shape index (κ2) is 4.31. The van der Waals surface area contributed by atoms with Gasteiger partial charge in [-0.15, -0.1) is 0 Å². The summed E-state index contributed by atoms with van der Waals surface area (Å²) in [5.74, 6) is 0.273. The monoisotopic (exact) mass is 295 g/mol. The zero-order chi connectivity index (χ0) is 15.6. The number of anilines is 1. The maximum atomic E-state index is 12.9. The van der Waals surface area contributed by atoms with E-state index in [1.54, 1.807) is 0 Å². The van der Waals surface area contributed by atoms with Crippen molar-refractivity contribution < 1.29 is 9.59 Å². The number of imide groups is 1. The number of carbonyl (C=O) groups excluding carboxylic acids is 2. The van der Waals surface area contributed by atoms with Crippen LogP contribution in [0.2, 0.25) is 0 Å². The number of hydrogen-bond donors (Lipinski definition) is 0. The summed E-state index contributed by atoms with van der Waals surface area (Å²) in [6.07, 6.45) is 5.24. The number of hydrogen-bond acceptors (Lipinski definition) is 2. The van der Waals surface area contributed by atoms with Gasteiger partial charge in [0, 0.05) is 0 Å². The molecule has 0 radical (unpaired) electrons. The molecule has 2 aliphatic carbocycles. The Kier molecular flexibility index (Phi) is 2.69. The molecule has 3 nitrogen and oxygen atoms in total. The largest absolute Gasteiger partial charge is 0.274 e. The third-order valence-electron chi connectivity index (χ3n) is 5.42. The van der Waals surface area contributed by atoms with Crippen LogP contribution in [-0.4, -0.2) is 11.8 Å². The summed E-state index contributed by atoms with van der Waals surface area (Å²) in [4.78, 5) is 27.4. The summed E-state index contributed by atoms with van der Waals surface area (Å²) >= 11 is 0. The number of para-hydroxylation sites is 1. The quantitative estimate of drug-likeness (QED) is 0.589. The van der Waals surface area contributed by atoms with Gasteiger partial charge in [0.2, 0.25) is 11.8 Å². The van der Waals surface area contributed by atoms with Crippen LogP contribution < -0.4 is 4.90 Å². The van der Waals surface area contributed by atoms with Crippen molar-refractivity contribution in [2.24, 2.45) is 23.7 Å². The van der Waals surface area contributed by atoms with E-state index < -0.39 is 0 Å². The molecular formula is C19H21NO2. The molecule has 1 aliphatic heterocycles. The Bertz CT molecular complexity index is 668. The summed E-state index contributed by atoms with van der Waals surface area (Å²) in [5.41, 5.74) is 1.72. The number of carbonyl (C=O) groups is 2. The Morgan fingerprint density at radius 1 is 0.955 bits per heavy atom. The molecule has 0 aromatic heterocycles. The first-order valence-electron chi connectivity index (χ1n) is 8.05. The zero-order valence-electron chi connectivity index (χ0n) is 13.2. The van der Waals surface area contributed by atoms with Crippen LogP contribution in [0.5, 0.6) is 0 Å². The molecule has 0 spiro atoms. The lowest BCUT2D eigenvalue weighted by Gasteiger charge is -2.27. The molecule has 1 aromatic carbocycles. The number of fused-ring (bicyclic) bond motifs is 5. The molecule has 22 heavy (non-hydrogen) atoms. The van der Waals surface area contributed by atoms with Crippen molar-refractivity contribution >= 4 is 17.5 Å². The predicted octanol–water partition coefficient (Wildman–Crippen LogP) is 3.30. The minimum Gasteiger partial charge on any atom is -0.274 e. The third kappa shape index (κ3) is 1.68. The highest BCUT2D eigenvalue weighted by Gasteiger charge is 2.59. The highest BCUT2D eigenvalue weighted by atomic mass is 16.2. The van der Waals surface area contributed by atoms with Gasteiger partial charge in [0.25, 0.3) is 0 Å². The molecule has 3 heteroatoms. The van der Waals surface area contributed by atoms with Gasteiger partial charge < -0.3 is 0 Å². The Labute approximate surface area is 131 Å². The highest BCUT2D eigenvalue weighted by molar-refractivity contribution is 6.23. The number of nitrogens with zero attached hydrogens (tertiary/aromatic N) is 1. The third-order valence-corrected chi connectivity index (χ3v) is 5.42. The van der Waals surface area contributed by atoms with Crippen LogP contribution in [0.4, 0.5) is 5.69 Å². The molecule has 4 unspecified atom stereocenters. The van der Waals surface area contributed by atoms with E-state index in [4.69, 9.17) is 0 Å². The average Bonchev–Trinajstić information content (AvgIpc) is 3.12. The molecule has 1 saturated carbocycles. The normalized spacial score (nSPS) is 33.0. The highest BCUT2D eigenvalue weighted by Crippen LogP contribution is 2.53. The fourth-order valence-electron chi connectivity index (χ4n) is 4.44. The first kappa shape index (κ1) is 13.7. The molecule has 2 amide bonds. The lowest BCUT2D eigenvalue weighted by Crippen LogP contribution is -2.34. The van der Waals surface area contributed by atoms with Crippen molar-refractivity contribution in [2.75, 3.05) is 4.90 Å². The summed E-state index contributed by atoms with van der Waals surface area (Å²) in [6.45, 7) is 6.34. The van der Waals surface area contributed by atoms with E-state index in [1.807, 2.05) is 24.3 Å². The molecule has 1 aromatic rings. The van der Waals surface area contributed by atoms with Crippen molar-refractivity contribution in [3.8, 4) is 0 Å². The fraction of sp³-hybridized carbons (Fsp3) is 0.474. The number of allylic oxidation sites excluding steroid dienone is 2. The Morgan fingerprint density at radius 2 is 1.50 bits per heavy atom. The van der Waals surface area contributed by atoms with E-state index in [0.717, 1.165) is 17.7 Å². The maximum Gasteiger partial charge on any atom is 0.238 e.